The molecule has 0 aliphatic carbocycles. The molecule has 1 aromatic heterocycles. The number of urea groups is 1. The number of carbonyl (C=O) groups excluding carboxylic acids is 1. The average Bonchev–Trinajstić information content (AvgIpc) is 3.23. The lowest BCUT2D eigenvalue weighted by atomic mass is 9.94. The van der Waals surface area contributed by atoms with E-state index in [-0.39, 0.29) is 23.6 Å². The predicted octanol–water partition coefficient (Wildman–Crippen LogP) is 5.83. The fourth-order valence-electron chi connectivity index (χ4n) is 3.63. The summed E-state index contributed by atoms with van der Waals surface area (Å²) in [5.41, 5.74) is 2.80. The van der Waals surface area contributed by atoms with E-state index in [9.17, 15) is 9.18 Å². The van der Waals surface area contributed by atoms with Crippen LogP contribution < -0.4 is 5.32 Å². The average molecular weight is 441 g/mol. The number of nitrogens with zero attached hydrogens (tertiary/aromatic N) is 3. The molecule has 1 unspecified atom stereocenters. The Morgan fingerprint density at radius 3 is 2.71 bits per heavy atom. The molecule has 160 valence electrons. The third kappa shape index (κ3) is 4.32. The number of halogens is 2. The predicted molar refractivity (Wildman–Crippen MR) is 117 cm³/mol. The van der Waals surface area contributed by atoms with E-state index < -0.39 is 6.04 Å². The Labute approximate surface area is 184 Å². The second-order valence-electron chi connectivity index (χ2n) is 7.37. The third-order valence-corrected chi connectivity index (χ3v) is 5.53. The molecule has 8 heteroatoms. The summed E-state index contributed by atoms with van der Waals surface area (Å²) in [5, 5.41) is 7.69. The van der Waals surface area contributed by atoms with Gasteiger partial charge < -0.3 is 9.84 Å². The van der Waals surface area contributed by atoms with Crippen LogP contribution in [-0.4, -0.2) is 27.6 Å². The Bertz CT molecular complexity index is 1130. The first-order chi connectivity index (χ1) is 15.0. The highest BCUT2D eigenvalue weighted by atomic mass is 35.5. The minimum absolute atomic E-state index is 0.181. The summed E-state index contributed by atoms with van der Waals surface area (Å²) in [4.78, 5) is 19.1. The molecule has 3 aromatic rings. The van der Waals surface area contributed by atoms with Gasteiger partial charge in [0.25, 0.3) is 5.89 Å². The molecule has 2 aromatic carbocycles. The van der Waals surface area contributed by atoms with E-state index >= 15 is 0 Å². The van der Waals surface area contributed by atoms with Crippen molar-refractivity contribution < 1.29 is 13.7 Å². The van der Waals surface area contributed by atoms with Crippen LogP contribution in [0.2, 0.25) is 5.02 Å². The maximum atomic E-state index is 13.6. The highest BCUT2D eigenvalue weighted by molar-refractivity contribution is 6.30. The van der Waals surface area contributed by atoms with Crippen molar-refractivity contribution in [2.24, 2.45) is 0 Å². The Hall–Kier alpha value is -3.19. The summed E-state index contributed by atoms with van der Waals surface area (Å²) in [5.74, 6) is 0.175. The summed E-state index contributed by atoms with van der Waals surface area (Å²) in [7, 11) is 0. The molecule has 1 aliphatic rings. The molecule has 1 atom stereocenters. The van der Waals surface area contributed by atoms with Crippen LogP contribution in [0.5, 0.6) is 0 Å². The Kier molecular flexibility index (Phi) is 6.04. The molecule has 2 heterocycles. The van der Waals surface area contributed by atoms with Crippen molar-refractivity contribution in [2.45, 2.75) is 32.7 Å². The zero-order chi connectivity index (χ0) is 22.0. The summed E-state index contributed by atoms with van der Waals surface area (Å²) in [6.45, 7) is 4.52. The normalized spacial score (nSPS) is 16.6. The molecule has 0 saturated carbocycles. The molecule has 1 aliphatic heterocycles. The number of hydrogen-bond donors (Lipinski definition) is 1. The summed E-state index contributed by atoms with van der Waals surface area (Å²) in [6, 6.07) is 12.6. The quantitative estimate of drug-likeness (QED) is 0.523. The lowest BCUT2D eigenvalue weighted by Crippen LogP contribution is -2.46. The van der Waals surface area contributed by atoms with Crippen LogP contribution in [0.1, 0.15) is 44.2 Å². The first-order valence-electron chi connectivity index (χ1n) is 10.1. The number of aromatic nitrogens is 2. The van der Waals surface area contributed by atoms with Gasteiger partial charge in [-0.15, -0.1) is 0 Å². The highest BCUT2D eigenvalue weighted by Gasteiger charge is 2.35. The monoisotopic (exact) mass is 440 g/mol. The zero-order valence-corrected chi connectivity index (χ0v) is 18.0. The number of amides is 2. The summed E-state index contributed by atoms with van der Waals surface area (Å²) >= 11 is 6.05. The number of hydrogen-bond acceptors (Lipinski definition) is 4. The van der Waals surface area contributed by atoms with E-state index in [4.69, 9.17) is 16.1 Å². The largest absolute Gasteiger partial charge is 0.334 e. The SMILES string of the molecule is CCCCN1C(=O)NC(c2ccc(Cl)cc2)C(c2nc(-c3cccc(F)c3)no2)=C1C. The second kappa shape index (κ2) is 8.89. The minimum Gasteiger partial charge on any atom is -0.334 e. The van der Waals surface area contributed by atoms with Crippen LogP contribution in [-0.2, 0) is 0 Å². The highest BCUT2D eigenvalue weighted by Crippen LogP contribution is 2.37. The van der Waals surface area contributed by atoms with Gasteiger partial charge in [0.05, 0.1) is 11.6 Å². The van der Waals surface area contributed by atoms with E-state index in [2.05, 4.69) is 22.4 Å². The van der Waals surface area contributed by atoms with Crippen molar-refractivity contribution >= 4 is 23.2 Å². The van der Waals surface area contributed by atoms with Crippen LogP contribution in [0.3, 0.4) is 0 Å². The fraction of sp³-hybridized carbons (Fsp3) is 0.261. The standard InChI is InChI=1S/C23H22ClFN4O2/c1-3-4-12-29-14(2)19(20(26-23(29)30)15-8-10-17(24)11-9-15)22-27-21(28-31-22)16-6-5-7-18(25)13-16/h5-11,13,20H,3-4,12H2,1-2H3,(H,26,30). The van der Waals surface area contributed by atoms with E-state index in [1.807, 2.05) is 19.1 Å². The van der Waals surface area contributed by atoms with Crippen LogP contribution in [0.4, 0.5) is 9.18 Å². The van der Waals surface area contributed by atoms with Gasteiger partial charge in [-0.25, -0.2) is 9.18 Å². The van der Waals surface area contributed by atoms with Gasteiger partial charge in [0.2, 0.25) is 5.82 Å². The van der Waals surface area contributed by atoms with Crippen molar-refractivity contribution in [3.63, 3.8) is 0 Å². The molecule has 4 rings (SSSR count). The van der Waals surface area contributed by atoms with Crippen LogP contribution in [0.25, 0.3) is 17.0 Å². The lowest BCUT2D eigenvalue weighted by molar-refractivity contribution is 0.204. The number of carbonyl (C=O) groups is 1. The first kappa shape index (κ1) is 21.1. The van der Waals surface area contributed by atoms with Crippen molar-refractivity contribution in [3.05, 3.63) is 76.5 Å². The molecule has 0 radical (unpaired) electrons. The molecular formula is C23H22ClFN4O2. The number of rotatable bonds is 6. The third-order valence-electron chi connectivity index (χ3n) is 5.27. The van der Waals surface area contributed by atoms with Crippen molar-refractivity contribution in [1.82, 2.24) is 20.4 Å². The molecule has 31 heavy (non-hydrogen) atoms. The van der Waals surface area contributed by atoms with Gasteiger partial charge in [-0.05, 0) is 43.2 Å². The number of unbranched alkanes of at least 4 members (excludes halogenated alkanes) is 1. The van der Waals surface area contributed by atoms with Gasteiger partial charge >= 0.3 is 6.03 Å². The number of nitrogens with one attached hydrogen (secondary N) is 1. The van der Waals surface area contributed by atoms with Crippen LogP contribution in [0, 0.1) is 5.82 Å². The summed E-state index contributed by atoms with van der Waals surface area (Å²) < 4.78 is 19.2. The van der Waals surface area contributed by atoms with Gasteiger partial charge in [0.15, 0.2) is 0 Å². The van der Waals surface area contributed by atoms with Gasteiger partial charge in [-0.2, -0.15) is 4.98 Å². The lowest BCUT2D eigenvalue weighted by Gasteiger charge is -2.35. The van der Waals surface area contributed by atoms with Crippen LogP contribution in [0.15, 0.2) is 58.8 Å². The van der Waals surface area contributed by atoms with Gasteiger partial charge in [-0.1, -0.05) is 54.4 Å². The van der Waals surface area contributed by atoms with E-state index in [1.165, 1.54) is 12.1 Å². The van der Waals surface area contributed by atoms with Crippen LogP contribution >= 0.6 is 11.6 Å². The van der Waals surface area contributed by atoms with E-state index in [1.54, 1.807) is 29.2 Å². The van der Waals surface area contributed by atoms with E-state index in [0.717, 1.165) is 24.1 Å². The maximum absolute atomic E-state index is 13.6. The molecule has 1 N–H and O–H groups in total. The maximum Gasteiger partial charge on any atom is 0.322 e. The summed E-state index contributed by atoms with van der Waals surface area (Å²) in [6.07, 6.45) is 1.82. The Morgan fingerprint density at radius 2 is 2.00 bits per heavy atom. The van der Waals surface area contributed by atoms with Gasteiger partial charge in [-0.3, -0.25) is 4.90 Å². The second-order valence-corrected chi connectivity index (χ2v) is 7.81. The smallest absolute Gasteiger partial charge is 0.322 e. The minimum atomic E-state index is -0.483. The molecule has 0 bridgehead atoms. The van der Waals surface area contributed by atoms with Gasteiger partial charge in [0.1, 0.15) is 5.82 Å². The molecule has 0 fully saturated rings. The zero-order valence-electron chi connectivity index (χ0n) is 17.2. The molecule has 6 nitrogen and oxygen atoms in total. The number of allylic oxidation sites excluding steroid dienone is 1. The van der Waals surface area contributed by atoms with E-state index in [0.29, 0.717) is 22.7 Å². The van der Waals surface area contributed by atoms with Gasteiger partial charge in [0, 0.05) is 22.8 Å². The molecule has 2 amide bonds. The molecular weight excluding hydrogens is 419 g/mol. The topological polar surface area (TPSA) is 71.3 Å². The first-order valence-corrected chi connectivity index (χ1v) is 10.5. The van der Waals surface area contributed by atoms with Crippen molar-refractivity contribution in [1.29, 1.82) is 0 Å². The Morgan fingerprint density at radius 1 is 1.23 bits per heavy atom. The molecule has 0 saturated heterocycles. The van der Waals surface area contributed by atoms with Crippen molar-refractivity contribution in [2.75, 3.05) is 6.54 Å². The number of benzene rings is 2. The molecule has 0 spiro atoms. The Balaban J connectivity index is 1.80. The van der Waals surface area contributed by atoms with Crippen molar-refractivity contribution in [3.8, 4) is 11.4 Å². The fourth-order valence-corrected chi connectivity index (χ4v) is 3.75.